The molecule has 5 nitrogen and oxygen atoms in total. The predicted octanol–water partition coefficient (Wildman–Crippen LogP) is 5.99. The maximum atomic E-state index is 12.6. The summed E-state index contributed by atoms with van der Waals surface area (Å²) < 4.78 is 0. The number of thioether (sulfide) groups is 1. The summed E-state index contributed by atoms with van der Waals surface area (Å²) >= 11 is 1.78. The molecular weight excluding hydrogens is 408 g/mol. The van der Waals surface area contributed by atoms with E-state index in [1.165, 1.54) is 32.1 Å². The highest BCUT2D eigenvalue weighted by Gasteiger charge is 2.21. The molecule has 2 N–H and O–H groups in total. The van der Waals surface area contributed by atoms with Crippen molar-refractivity contribution in [1.29, 1.82) is 0 Å². The first kappa shape index (κ1) is 21.4. The van der Waals surface area contributed by atoms with Gasteiger partial charge in [0.1, 0.15) is 0 Å². The van der Waals surface area contributed by atoms with Crippen LogP contribution in [0.2, 0.25) is 0 Å². The summed E-state index contributed by atoms with van der Waals surface area (Å²) in [5, 5.41) is 13.7. The largest absolute Gasteiger partial charge is 0.478 e. The standard InChI is InChI=1S/C25H26N2O3S/c1-16(31-19-7-3-2-4-8-19)24(28)26-18-13-11-17(12-14-18)23-15-21(25(29)30)20-9-5-6-10-22(20)27-23/h5-6,9-16,19H,2-4,7-8H2,1H3,(H,26,28)(H,29,30). The van der Waals surface area contributed by atoms with Crippen LogP contribution in [-0.4, -0.2) is 32.5 Å². The van der Waals surface area contributed by atoms with Gasteiger partial charge in [0.25, 0.3) is 0 Å². The highest BCUT2D eigenvalue weighted by atomic mass is 32.2. The van der Waals surface area contributed by atoms with Crippen molar-refractivity contribution >= 4 is 40.2 Å². The van der Waals surface area contributed by atoms with E-state index in [1.54, 1.807) is 30.0 Å². The number of hydrogen-bond acceptors (Lipinski definition) is 4. The van der Waals surface area contributed by atoms with E-state index in [-0.39, 0.29) is 16.7 Å². The number of hydrogen-bond donors (Lipinski definition) is 2. The molecule has 1 aliphatic rings. The molecule has 31 heavy (non-hydrogen) atoms. The number of carboxylic acids is 1. The molecule has 0 spiro atoms. The summed E-state index contributed by atoms with van der Waals surface area (Å²) in [5.74, 6) is -0.964. The van der Waals surface area contributed by atoms with Crippen molar-refractivity contribution in [1.82, 2.24) is 4.98 Å². The van der Waals surface area contributed by atoms with Gasteiger partial charge >= 0.3 is 5.97 Å². The molecule has 4 rings (SSSR count). The number of rotatable bonds is 6. The van der Waals surface area contributed by atoms with Gasteiger partial charge in [-0.25, -0.2) is 9.78 Å². The van der Waals surface area contributed by atoms with Gasteiger partial charge in [0.2, 0.25) is 5.91 Å². The fourth-order valence-corrected chi connectivity index (χ4v) is 5.39. The van der Waals surface area contributed by atoms with Gasteiger partial charge in [0, 0.05) is 21.9 Å². The maximum absolute atomic E-state index is 12.6. The number of anilines is 1. The van der Waals surface area contributed by atoms with Crippen LogP contribution in [0.4, 0.5) is 5.69 Å². The Kier molecular flexibility index (Phi) is 6.56. The van der Waals surface area contributed by atoms with E-state index < -0.39 is 5.97 Å². The lowest BCUT2D eigenvalue weighted by Crippen LogP contribution is -2.25. The molecule has 3 aromatic rings. The SMILES string of the molecule is CC(SC1CCCCC1)C(=O)Nc1ccc(-c2cc(C(=O)O)c3ccccc3n2)cc1. The van der Waals surface area contributed by atoms with Gasteiger partial charge in [0.05, 0.1) is 22.0 Å². The Morgan fingerprint density at radius 1 is 1.06 bits per heavy atom. The zero-order valence-corrected chi connectivity index (χ0v) is 18.3. The van der Waals surface area contributed by atoms with Gasteiger partial charge in [-0.1, -0.05) is 49.6 Å². The molecule has 1 heterocycles. The molecule has 160 valence electrons. The first-order valence-corrected chi connectivity index (χ1v) is 11.7. The number of benzene rings is 2. The number of carboxylic acid groups (broad SMARTS) is 1. The quantitative estimate of drug-likeness (QED) is 0.498. The van der Waals surface area contributed by atoms with E-state index in [0.29, 0.717) is 21.8 Å². The van der Waals surface area contributed by atoms with E-state index >= 15 is 0 Å². The van der Waals surface area contributed by atoms with Gasteiger partial charge in [-0.15, -0.1) is 11.8 Å². The van der Waals surface area contributed by atoms with Crippen LogP contribution in [0.15, 0.2) is 54.6 Å². The highest BCUT2D eigenvalue weighted by Crippen LogP contribution is 2.31. The second-order valence-electron chi connectivity index (χ2n) is 7.98. The molecule has 2 aromatic carbocycles. The molecule has 0 radical (unpaired) electrons. The third-order valence-corrected chi connectivity index (χ3v) is 7.19. The summed E-state index contributed by atoms with van der Waals surface area (Å²) in [4.78, 5) is 28.9. The second kappa shape index (κ2) is 9.52. The highest BCUT2D eigenvalue weighted by molar-refractivity contribution is 8.01. The van der Waals surface area contributed by atoms with Crippen LogP contribution >= 0.6 is 11.8 Å². The summed E-state index contributed by atoms with van der Waals surface area (Å²) in [6.07, 6.45) is 6.24. The molecule has 1 fully saturated rings. The topological polar surface area (TPSA) is 79.3 Å². The Bertz CT molecular complexity index is 1090. The van der Waals surface area contributed by atoms with Crippen molar-refractivity contribution in [3.8, 4) is 11.3 Å². The Labute approximate surface area is 186 Å². The number of nitrogens with zero attached hydrogens (tertiary/aromatic N) is 1. The van der Waals surface area contributed by atoms with Crippen LogP contribution in [0.3, 0.4) is 0 Å². The molecule has 0 aliphatic heterocycles. The summed E-state index contributed by atoms with van der Waals surface area (Å²) in [7, 11) is 0. The maximum Gasteiger partial charge on any atom is 0.336 e. The van der Waals surface area contributed by atoms with Crippen LogP contribution in [0.25, 0.3) is 22.2 Å². The monoisotopic (exact) mass is 434 g/mol. The number of amides is 1. The minimum atomic E-state index is -0.979. The third kappa shape index (κ3) is 5.07. The van der Waals surface area contributed by atoms with Crippen molar-refractivity contribution in [2.45, 2.75) is 49.5 Å². The number of fused-ring (bicyclic) bond motifs is 1. The fraction of sp³-hybridized carbons (Fsp3) is 0.320. The van der Waals surface area contributed by atoms with Gasteiger partial charge in [-0.3, -0.25) is 4.79 Å². The molecular formula is C25H26N2O3S. The number of aromatic nitrogens is 1. The normalized spacial score (nSPS) is 15.5. The molecule has 0 saturated heterocycles. The minimum absolute atomic E-state index is 0.0142. The van der Waals surface area contributed by atoms with Crippen molar-refractivity contribution in [2.24, 2.45) is 0 Å². The number of pyridine rings is 1. The summed E-state index contributed by atoms with van der Waals surface area (Å²) in [5.41, 5.74) is 2.99. The number of carbonyl (C=O) groups is 2. The van der Waals surface area contributed by atoms with E-state index in [4.69, 9.17) is 0 Å². The van der Waals surface area contributed by atoms with E-state index in [1.807, 2.05) is 43.3 Å². The van der Waals surface area contributed by atoms with Crippen LogP contribution in [-0.2, 0) is 4.79 Å². The van der Waals surface area contributed by atoms with Gasteiger partial charge < -0.3 is 10.4 Å². The molecule has 6 heteroatoms. The Morgan fingerprint density at radius 3 is 2.48 bits per heavy atom. The molecule has 1 unspecified atom stereocenters. The van der Waals surface area contributed by atoms with E-state index in [9.17, 15) is 14.7 Å². The first-order valence-electron chi connectivity index (χ1n) is 10.7. The van der Waals surface area contributed by atoms with Gasteiger partial charge in [0.15, 0.2) is 0 Å². The molecule has 1 aromatic heterocycles. The number of para-hydroxylation sites is 1. The average molecular weight is 435 g/mol. The second-order valence-corrected chi connectivity index (χ2v) is 9.63. The summed E-state index contributed by atoms with van der Waals surface area (Å²) in [6, 6.07) is 16.2. The minimum Gasteiger partial charge on any atom is -0.478 e. The van der Waals surface area contributed by atoms with Crippen LogP contribution in [0.1, 0.15) is 49.4 Å². The van der Waals surface area contributed by atoms with Crippen molar-refractivity contribution in [3.63, 3.8) is 0 Å². The van der Waals surface area contributed by atoms with E-state index in [0.717, 1.165) is 11.3 Å². The Balaban J connectivity index is 1.48. The van der Waals surface area contributed by atoms with Gasteiger partial charge in [-0.2, -0.15) is 0 Å². The lowest BCUT2D eigenvalue weighted by atomic mass is 10.0. The first-order chi connectivity index (χ1) is 15.0. The van der Waals surface area contributed by atoms with Crippen LogP contribution < -0.4 is 5.32 Å². The molecule has 1 saturated carbocycles. The fourth-order valence-electron chi connectivity index (χ4n) is 4.02. The van der Waals surface area contributed by atoms with Crippen molar-refractivity contribution in [3.05, 3.63) is 60.2 Å². The summed E-state index contributed by atoms with van der Waals surface area (Å²) in [6.45, 7) is 1.97. The average Bonchev–Trinajstić information content (AvgIpc) is 2.79. The molecule has 0 bridgehead atoms. The lowest BCUT2D eigenvalue weighted by Gasteiger charge is -2.23. The molecule has 1 aliphatic carbocycles. The number of aromatic carboxylic acids is 1. The Morgan fingerprint density at radius 2 is 1.77 bits per heavy atom. The number of carbonyl (C=O) groups excluding carboxylic acids is 1. The molecule has 1 amide bonds. The number of nitrogens with one attached hydrogen (secondary N) is 1. The van der Waals surface area contributed by atoms with E-state index in [2.05, 4.69) is 10.3 Å². The van der Waals surface area contributed by atoms with Crippen molar-refractivity contribution < 1.29 is 14.7 Å². The smallest absolute Gasteiger partial charge is 0.336 e. The predicted molar refractivity (Wildman–Crippen MR) is 127 cm³/mol. The van der Waals surface area contributed by atoms with Gasteiger partial charge in [-0.05, 0) is 44.0 Å². The molecule has 1 atom stereocenters. The van der Waals surface area contributed by atoms with Crippen molar-refractivity contribution in [2.75, 3.05) is 5.32 Å². The lowest BCUT2D eigenvalue weighted by molar-refractivity contribution is -0.115. The Hall–Kier alpha value is -2.86. The zero-order chi connectivity index (χ0) is 21.8. The van der Waals surface area contributed by atoms with Crippen LogP contribution in [0, 0.1) is 0 Å². The van der Waals surface area contributed by atoms with Crippen LogP contribution in [0.5, 0.6) is 0 Å². The zero-order valence-electron chi connectivity index (χ0n) is 17.5. The third-order valence-electron chi connectivity index (χ3n) is 5.71.